The molecule has 0 aromatic carbocycles. The Morgan fingerprint density at radius 3 is 2.70 bits per heavy atom. The SMILES string of the molecule is CCN1CCC[C@H](NP2(=O)OCC(C)([N+](=O)[O-])CO2)C1. The van der Waals surface area contributed by atoms with Gasteiger partial charge in [-0.1, -0.05) is 6.92 Å². The number of nitrogens with one attached hydrogen (secondary N) is 1. The van der Waals surface area contributed by atoms with Gasteiger partial charge >= 0.3 is 7.75 Å². The van der Waals surface area contributed by atoms with Crippen LogP contribution in [-0.4, -0.2) is 54.3 Å². The highest BCUT2D eigenvalue weighted by molar-refractivity contribution is 7.51. The van der Waals surface area contributed by atoms with Crippen LogP contribution in [-0.2, 0) is 13.6 Å². The van der Waals surface area contributed by atoms with Crippen LogP contribution in [0, 0.1) is 10.1 Å². The van der Waals surface area contributed by atoms with Crippen molar-refractivity contribution in [1.29, 1.82) is 0 Å². The van der Waals surface area contributed by atoms with Crippen molar-refractivity contribution in [2.45, 2.75) is 38.3 Å². The van der Waals surface area contributed by atoms with Crippen molar-refractivity contribution in [3.63, 3.8) is 0 Å². The molecule has 2 heterocycles. The second-order valence-corrected chi connectivity index (χ2v) is 7.43. The number of piperidine rings is 1. The highest BCUT2D eigenvalue weighted by Crippen LogP contribution is 2.49. The first kappa shape index (κ1) is 15.9. The van der Waals surface area contributed by atoms with E-state index < -0.39 is 18.2 Å². The number of nitrogens with zero attached hydrogens (tertiary/aromatic N) is 2. The molecule has 9 heteroatoms. The fraction of sp³-hybridized carbons (Fsp3) is 1.00. The van der Waals surface area contributed by atoms with Crippen LogP contribution >= 0.6 is 7.75 Å². The van der Waals surface area contributed by atoms with Crippen LogP contribution in [0.5, 0.6) is 0 Å². The van der Waals surface area contributed by atoms with E-state index in [0.717, 1.165) is 32.5 Å². The summed E-state index contributed by atoms with van der Waals surface area (Å²) >= 11 is 0. The summed E-state index contributed by atoms with van der Waals surface area (Å²) in [5.74, 6) is 0. The lowest BCUT2D eigenvalue weighted by Crippen LogP contribution is -2.50. The summed E-state index contributed by atoms with van der Waals surface area (Å²) in [5, 5.41) is 13.8. The van der Waals surface area contributed by atoms with Crippen molar-refractivity contribution < 1.29 is 18.5 Å². The van der Waals surface area contributed by atoms with Gasteiger partial charge in [-0.05, 0) is 25.9 Å². The quantitative estimate of drug-likeness (QED) is 0.474. The molecule has 0 unspecified atom stereocenters. The van der Waals surface area contributed by atoms with E-state index in [9.17, 15) is 14.7 Å². The van der Waals surface area contributed by atoms with Crippen LogP contribution in [0.4, 0.5) is 0 Å². The van der Waals surface area contributed by atoms with Crippen LogP contribution in [0.3, 0.4) is 0 Å². The minimum atomic E-state index is -3.42. The van der Waals surface area contributed by atoms with Crippen molar-refractivity contribution in [3.05, 3.63) is 10.1 Å². The first-order chi connectivity index (χ1) is 9.37. The molecule has 1 atom stereocenters. The monoisotopic (exact) mass is 307 g/mol. The first-order valence-electron chi connectivity index (χ1n) is 6.91. The summed E-state index contributed by atoms with van der Waals surface area (Å²) in [4.78, 5) is 12.7. The number of hydrogen-bond donors (Lipinski definition) is 1. The molecule has 1 N–H and O–H groups in total. The summed E-state index contributed by atoms with van der Waals surface area (Å²) in [6.07, 6.45) is 1.93. The molecule has 20 heavy (non-hydrogen) atoms. The van der Waals surface area contributed by atoms with Gasteiger partial charge in [-0.3, -0.25) is 19.2 Å². The molecule has 8 nitrogen and oxygen atoms in total. The molecule has 0 spiro atoms. The number of rotatable bonds is 4. The summed E-state index contributed by atoms with van der Waals surface area (Å²) < 4.78 is 22.8. The normalized spacial score (nSPS) is 39.6. The third-order valence-electron chi connectivity index (χ3n) is 3.83. The molecule has 0 radical (unpaired) electrons. The maximum Gasteiger partial charge on any atom is 0.406 e. The molecule has 0 aromatic heterocycles. The van der Waals surface area contributed by atoms with Crippen molar-refractivity contribution in [2.75, 3.05) is 32.8 Å². The minimum Gasteiger partial charge on any atom is -0.302 e. The third kappa shape index (κ3) is 3.56. The van der Waals surface area contributed by atoms with Crippen molar-refractivity contribution in [2.24, 2.45) is 0 Å². The van der Waals surface area contributed by atoms with E-state index in [1.54, 1.807) is 0 Å². The van der Waals surface area contributed by atoms with Crippen LogP contribution in [0.15, 0.2) is 0 Å². The lowest BCUT2D eigenvalue weighted by molar-refractivity contribution is -0.573. The van der Waals surface area contributed by atoms with Crippen molar-refractivity contribution in [1.82, 2.24) is 9.99 Å². The Kier molecular flexibility index (Phi) is 4.81. The lowest BCUT2D eigenvalue weighted by Gasteiger charge is -2.36. The minimum absolute atomic E-state index is 0.0366. The second kappa shape index (κ2) is 6.07. The Bertz CT molecular complexity index is 407. The molecule has 2 fully saturated rings. The number of hydrogen-bond acceptors (Lipinski definition) is 6. The Balaban J connectivity index is 1.90. The maximum atomic E-state index is 12.4. The van der Waals surface area contributed by atoms with Gasteiger partial charge in [-0.2, -0.15) is 0 Å². The topological polar surface area (TPSA) is 93.9 Å². The summed E-state index contributed by atoms with van der Waals surface area (Å²) in [5.41, 5.74) is -1.32. The Hall–Kier alpha value is -0.530. The Morgan fingerprint density at radius 1 is 1.50 bits per heavy atom. The molecule has 2 aliphatic rings. The van der Waals surface area contributed by atoms with Crippen LogP contribution in [0.1, 0.15) is 26.7 Å². The second-order valence-electron chi connectivity index (χ2n) is 5.66. The maximum absolute atomic E-state index is 12.4. The van der Waals surface area contributed by atoms with E-state index in [4.69, 9.17) is 9.05 Å². The van der Waals surface area contributed by atoms with Gasteiger partial charge in [0, 0.05) is 24.4 Å². The van der Waals surface area contributed by atoms with Gasteiger partial charge in [0.2, 0.25) is 0 Å². The van der Waals surface area contributed by atoms with Gasteiger partial charge in [-0.15, -0.1) is 0 Å². The molecule has 2 saturated heterocycles. The highest BCUT2D eigenvalue weighted by atomic mass is 31.2. The van der Waals surface area contributed by atoms with Crippen LogP contribution in [0.25, 0.3) is 0 Å². The molecular weight excluding hydrogens is 285 g/mol. The van der Waals surface area contributed by atoms with E-state index in [1.165, 1.54) is 6.92 Å². The molecule has 0 aliphatic carbocycles. The zero-order valence-corrected chi connectivity index (χ0v) is 12.8. The van der Waals surface area contributed by atoms with Gasteiger partial charge < -0.3 is 4.90 Å². The largest absolute Gasteiger partial charge is 0.406 e. The smallest absolute Gasteiger partial charge is 0.302 e. The van der Waals surface area contributed by atoms with Crippen molar-refractivity contribution in [3.8, 4) is 0 Å². The molecule has 116 valence electrons. The van der Waals surface area contributed by atoms with E-state index in [0.29, 0.717) is 0 Å². The molecular formula is C11H22N3O5P. The van der Waals surface area contributed by atoms with E-state index >= 15 is 0 Å². The van der Waals surface area contributed by atoms with Gasteiger partial charge in [0.25, 0.3) is 5.54 Å². The number of nitro groups is 1. The van der Waals surface area contributed by atoms with Gasteiger partial charge in [0.1, 0.15) is 13.2 Å². The standard InChI is InChI=1S/C11H22N3O5P/c1-3-13-6-4-5-10(7-13)12-20(17)18-8-11(2,9-19-20)14(15)16/h10H,3-9H2,1-2H3,(H,12,17)/t10-,11?,20?/m0/s1. The highest BCUT2D eigenvalue weighted by Gasteiger charge is 2.48. The summed E-state index contributed by atoms with van der Waals surface area (Å²) in [7, 11) is -3.42. The molecule has 2 aliphatic heterocycles. The summed E-state index contributed by atoms with van der Waals surface area (Å²) in [6.45, 7) is 5.89. The van der Waals surface area contributed by atoms with E-state index in [-0.39, 0.29) is 19.3 Å². The molecule has 2 rings (SSSR count). The molecule has 0 saturated carbocycles. The first-order valence-corrected chi connectivity index (χ1v) is 8.45. The average molecular weight is 307 g/mol. The fourth-order valence-electron chi connectivity index (χ4n) is 2.38. The fourth-order valence-corrected chi connectivity index (χ4v) is 4.16. The van der Waals surface area contributed by atoms with Crippen LogP contribution in [0.2, 0.25) is 0 Å². The molecule has 0 aromatic rings. The number of likely N-dealkylation sites (tertiary alicyclic amines) is 1. The van der Waals surface area contributed by atoms with Gasteiger partial charge in [0.05, 0.1) is 0 Å². The lowest BCUT2D eigenvalue weighted by atomic mass is 10.1. The van der Waals surface area contributed by atoms with E-state index in [2.05, 4.69) is 16.9 Å². The summed E-state index contributed by atoms with van der Waals surface area (Å²) in [6, 6.07) is 0.0366. The predicted octanol–water partition coefficient (Wildman–Crippen LogP) is 1.25. The predicted molar refractivity (Wildman–Crippen MR) is 73.2 cm³/mol. The van der Waals surface area contributed by atoms with E-state index in [1.807, 2.05) is 0 Å². The Labute approximate surface area is 118 Å². The number of likely N-dealkylation sites (N-methyl/N-ethyl adjacent to an activating group) is 1. The van der Waals surface area contributed by atoms with Crippen LogP contribution < -0.4 is 5.09 Å². The van der Waals surface area contributed by atoms with Crippen molar-refractivity contribution >= 4 is 7.75 Å². The molecule has 0 bridgehead atoms. The zero-order chi connectivity index (χ0) is 14.8. The average Bonchev–Trinajstić information content (AvgIpc) is 2.42. The van der Waals surface area contributed by atoms with Gasteiger partial charge in [-0.25, -0.2) is 9.65 Å². The van der Waals surface area contributed by atoms with Gasteiger partial charge in [0.15, 0.2) is 0 Å². The third-order valence-corrected chi connectivity index (χ3v) is 5.44. The Morgan fingerprint density at radius 2 is 2.15 bits per heavy atom. The molecule has 0 amide bonds. The zero-order valence-electron chi connectivity index (χ0n) is 11.9.